The van der Waals surface area contributed by atoms with Gasteiger partial charge in [-0.2, -0.15) is 0 Å². The second-order valence-corrected chi connectivity index (χ2v) is 9.40. The molecule has 1 N–H and O–H groups in total. The predicted octanol–water partition coefficient (Wildman–Crippen LogP) is 5.35. The first-order valence-electron chi connectivity index (χ1n) is 10.4. The topological polar surface area (TPSA) is 75.2 Å². The number of halogens is 1. The Hall–Kier alpha value is -3.16. The molecule has 33 heavy (non-hydrogen) atoms. The summed E-state index contributed by atoms with van der Waals surface area (Å²) < 4.78 is 0. The van der Waals surface area contributed by atoms with Crippen molar-refractivity contribution in [3.05, 3.63) is 92.2 Å². The third-order valence-corrected chi connectivity index (χ3v) is 6.51. The second-order valence-electron chi connectivity index (χ2n) is 7.99. The molecule has 4 rings (SSSR count). The number of carbonyl (C=O) groups is 2. The van der Waals surface area contributed by atoms with Crippen LogP contribution in [0.2, 0.25) is 5.02 Å². The van der Waals surface area contributed by atoms with Gasteiger partial charge in [0.25, 0.3) is 11.8 Å². The van der Waals surface area contributed by atoms with E-state index < -0.39 is 0 Å². The van der Waals surface area contributed by atoms with Crippen LogP contribution >= 0.6 is 23.4 Å². The molecule has 0 saturated carbocycles. The zero-order chi connectivity index (χ0) is 23.7. The lowest BCUT2D eigenvalue weighted by Gasteiger charge is -2.15. The molecule has 2 heterocycles. The van der Waals surface area contributed by atoms with Crippen molar-refractivity contribution in [2.24, 2.45) is 0 Å². The van der Waals surface area contributed by atoms with Gasteiger partial charge in [-0.15, -0.1) is 0 Å². The summed E-state index contributed by atoms with van der Waals surface area (Å²) in [4.78, 5) is 37.2. The molecular weight excluding hydrogens is 456 g/mol. The number of hydrogen-bond acceptors (Lipinski definition) is 6. The molecule has 2 amide bonds. The average Bonchev–Trinajstić information content (AvgIpc) is 2.96. The molecule has 0 bridgehead atoms. The van der Waals surface area contributed by atoms with Crippen LogP contribution in [0.15, 0.2) is 64.3 Å². The number of imide groups is 1. The number of nitrogens with zero attached hydrogens (tertiary/aromatic N) is 3. The predicted molar refractivity (Wildman–Crippen MR) is 131 cm³/mol. The van der Waals surface area contributed by atoms with Crippen molar-refractivity contribution in [2.45, 2.75) is 39.4 Å². The Morgan fingerprint density at radius 2 is 1.55 bits per heavy atom. The fraction of sp³-hybridized carbons (Fsp3) is 0.200. The zero-order valence-corrected chi connectivity index (χ0v) is 20.3. The summed E-state index contributed by atoms with van der Waals surface area (Å²) in [7, 11) is 0. The monoisotopic (exact) mass is 478 g/mol. The van der Waals surface area contributed by atoms with Crippen molar-refractivity contribution in [3.8, 4) is 0 Å². The molecule has 168 valence electrons. The summed E-state index contributed by atoms with van der Waals surface area (Å²) in [5, 5.41) is 4.20. The Labute approximate surface area is 202 Å². The minimum absolute atomic E-state index is 0.144. The number of hydrogen-bond donors (Lipinski definition) is 1. The van der Waals surface area contributed by atoms with Gasteiger partial charge in [-0.05, 0) is 86.5 Å². The quantitative estimate of drug-likeness (QED) is 0.380. The lowest BCUT2D eigenvalue weighted by molar-refractivity contribution is -0.137. The van der Waals surface area contributed by atoms with E-state index in [1.807, 2.05) is 52.0 Å². The summed E-state index contributed by atoms with van der Waals surface area (Å²) in [6.45, 7) is 7.91. The number of aromatic nitrogens is 2. The number of carbonyl (C=O) groups excluding carboxylic acids is 2. The minimum atomic E-state index is -0.389. The molecule has 0 atom stereocenters. The number of anilines is 1. The fourth-order valence-corrected chi connectivity index (χ4v) is 4.59. The number of amides is 2. The maximum Gasteiger partial charge on any atom is 0.278 e. The van der Waals surface area contributed by atoms with Gasteiger partial charge in [0.15, 0.2) is 5.16 Å². The number of rotatable bonds is 6. The summed E-state index contributed by atoms with van der Waals surface area (Å²) >= 11 is 7.08. The number of aryl methyl sites for hydroxylation is 4. The van der Waals surface area contributed by atoms with Gasteiger partial charge in [0, 0.05) is 22.1 Å². The van der Waals surface area contributed by atoms with E-state index in [-0.39, 0.29) is 29.0 Å². The van der Waals surface area contributed by atoms with Crippen LogP contribution in [0.1, 0.15) is 28.1 Å². The normalized spacial score (nSPS) is 13.8. The lowest BCUT2D eigenvalue weighted by atomic mass is 10.1. The number of nitrogens with one attached hydrogen (secondary N) is 1. The van der Waals surface area contributed by atoms with E-state index in [4.69, 9.17) is 11.6 Å². The van der Waals surface area contributed by atoms with Crippen LogP contribution in [0.25, 0.3) is 0 Å². The first-order valence-corrected chi connectivity index (χ1v) is 11.6. The van der Waals surface area contributed by atoms with Crippen LogP contribution in [0.4, 0.5) is 5.69 Å². The molecule has 0 saturated heterocycles. The molecule has 0 unspecified atom stereocenters. The van der Waals surface area contributed by atoms with Crippen LogP contribution in [0.5, 0.6) is 0 Å². The summed E-state index contributed by atoms with van der Waals surface area (Å²) in [5.41, 5.74) is 5.59. The highest BCUT2D eigenvalue weighted by Gasteiger charge is 2.39. The largest absolute Gasteiger partial charge is 0.350 e. The molecule has 6 nitrogen and oxygen atoms in total. The minimum Gasteiger partial charge on any atom is -0.350 e. The molecule has 1 aromatic heterocycles. The molecule has 3 aromatic rings. The van der Waals surface area contributed by atoms with E-state index in [0.29, 0.717) is 10.2 Å². The third-order valence-electron chi connectivity index (χ3n) is 5.31. The van der Waals surface area contributed by atoms with Crippen LogP contribution in [-0.4, -0.2) is 26.7 Å². The van der Waals surface area contributed by atoms with Gasteiger partial charge in [-0.1, -0.05) is 29.8 Å². The zero-order valence-electron chi connectivity index (χ0n) is 18.8. The van der Waals surface area contributed by atoms with Crippen LogP contribution in [0, 0.1) is 27.7 Å². The fourth-order valence-electron chi connectivity index (χ4n) is 3.47. The van der Waals surface area contributed by atoms with Gasteiger partial charge >= 0.3 is 0 Å². The Bertz CT molecular complexity index is 1270. The van der Waals surface area contributed by atoms with Gasteiger partial charge in [-0.25, -0.2) is 9.97 Å². The van der Waals surface area contributed by atoms with Crippen molar-refractivity contribution in [3.63, 3.8) is 0 Å². The van der Waals surface area contributed by atoms with E-state index >= 15 is 0 Å². The van der Waals surface area contributed by atoms with Crippen LogP contribution in [-0.2, 0) is 16.1 Å². The molecule has 0 aliphatic carbocycles. The Morgan fingerprint density at radius 1 is 0.879 bits per heavy atom. The Morgan fingerprint density at radius 3 is 2.18 bits per heavy atom. The summed E-state index contributed by atoms with van der Waals surface area (Å²) in [6.07, 6.45) is 0. The molecule has 1 aliphatic rings. The maximum absolute atomic E-state index is 13.4. The first kappa shape index (κ1) is 23.0. The highest BCUT2D eigenvalue weighted by atomic mass is 35.5. The van der Waals surface area contributed by atoms with Crippen molar-refractivity contribution < 1.29 is 9.59 Å². The Balaban J connectivity index is 1.70. The summed E-state index contributed by atoms with van der Waals surface area (Å²) in [5.74, 6) is -0.769. The van der Waals surface area contributed by atoms with E-state index in [1.54, 1.807) is 24.3 Å². The molecular formula is C25H23ClN4O2S. The highest BCUT2D eigenvalue weighted by molar-refractivity contribution is 8.04. The van der Waals surface area contributed by atoms with E-state index in [0.717, 1.165) is 45.5 Å². The molecule has 0 radical (unpaired) electrons. The van der Waals surface area contributed by atoms with Crippen LogP contribution in [0.3, 0.4) is 0 Å². The van der Waals surface area contributed by atoms with Gasteiger partial charge in [0.1, 0.15) is 10.6 Å². The van der Waals surface area contributed by atoms with Crippen molar-refractivity contribution in [1.29, 1.82) is 0 Å². The van der Waals surface area contributed by atoms with Gasteiger partial charge in [0.05, 0.1) is 6.54 Å². The highest BCUT2D eigenvalue weighted by Crippen LogP contribution is 2.35. The lowest BCUT2D eigenvalue weighted by Crippen LogP contribution is -2.31. The van der Waals surface area contributed by atoms with Gasteiger partial charge in [0.2, 0.25) is 0 Å². The van der Waals surface area contributed by atoms with E-state index in [2.05, 4.69) is 15.3 Å². The Kier molecular flexibility index (Phi) is 6.54. The van der Waals surface area contributed by atoms with Crippen molar-refractivity contribution >= 4 is 40.9 Å². The van der Waals surface area contributed by atoms with Gasteiger partial charge < -0.3 is 5.32 Å². The van der Waals surface area contributed by atoms with Crippen molar-refractivity contribution in [2.75, 3.05) is 5.32 Å². The molecule has 0 spiro atoms. The average molecular weight is 479 g/mol. The SMILES string of the molecule is Cc1cc(C)nc(SC2=C(Nc3ccc(C)c(C)c3)C(=O)N(Cc3ccc(Cl)cc3)C2=O)n1. The van der Waals surface area contributed by atoms with Gasteiger partial charge in [-0.3, -0.25) is 14.5 Å². The van der Waals surface area contributed by atoms with E-state index in [1.165, 1.54) is 4.90 Å². The molecule has 0 fully saturated rings. The number of benzene rings is 2. The molecule has 1 aliphatic heterocycles. The van der Waals surface area contributed by atoms with E-state index in [9.17, 15) is 9.59 Å². The smallest absolute Gasteiger partial charge is 0.278 e. The standard InChI is InChI=1S/C25H23ClN4O2S/c1-14-5-10-20(11-15(14)2)29-21-22(33-25-27-16(3)12-17(4)28-25)24(32)30(23(21)31)13-18-6-8-19(26)9-7-18/h5-12,29H,13H2,1-4H3. The van der Waals surface area contributed by atoms with Crippen molar-refractivity contribution in [1.82, 2.24) is 14.9 Å². The number of thioether (sulfide) groups is 1. The molecule has 8 heteroatoms. The van der Waals surface area contributed by atoms with Crippen LogP contribution < -0.4 is 5.32 Å². The third kappa shape index (κ3) is 5.10. The maximum atomic E-state index is 13.4. The first-order chi connectivity index (χ1) is 15.7. The summed E-state index contributed by atoms with van der Waals surface area (Å²) in [6, 6.07) is 14.8. The molecule has 2 aromatic carbocycles. The second kappa shape index (κ2) is 9.37.